The van der Waals surface area contributed by atoms with Crippen LogP contribution < -0.4 is 25.4 Å². The van der Waals surface area contributed by atoms with Crippen LogP contribution in [0.5, 0.6) is 5.75 Å². The molecule has 3 rings (SSSR count). The minimum Gasteiger partial charge on any atom is -0.495 e. The van der Waals surface area contributed by atoms with Crippen LogP contribution in [0.1, 0.15) is 21.5 Å². The fourth-order valence-corrected chi connectivity index (χ4v) is 3.53. The molecular formula is C21H22F3N7O4S. The van der Waals surface area contributed by atoms with Gasteiger partial charge in [0.1, 0.15) is 22.9 Å². The Labute approximate surface area is 204 Å². The van der Waals surface area contributed by atoms with E-state index >= 15 is 0 Å². The number of pyridine rings is 1. The molecule has 3 aromatic rings. The average molecular weight is 526 g/mol. The predicted octanol–water partition coefficient (Wildman–Crippen LogP) is 2.75. The standard InChI is InChI=1S/C21H22F3N7O4S/c1-31(36(3,33)34)19-13(5-4-8-26-19)10-27-18-14(21(22,23)24)11-28-20(30-18)29-15-9-12(17(25)32)6-7-16(15)35-2/h4-9,11H,10H2,1-3H3,(H2,25,32)(H2,27,28,29,30). The molecule has 192 valence electrons. The van der Waals surface area contributed by atoms with Gasteiger partial charge in [0.15, 0.2) is 0 Å². The zero-order chi connectivity index (χ0) is 26.7. The monoisotopic (exact) mass is 525 g/mol. The first-order valence-corrected chi connectivity index (χ1v) is 12.0. The maximum Gasteiger partial charge on any atom is 0.421 e. The normalized spacial score (nSPS) is 11.6. The number of nitrogens with zero attached hydrogens (tertiary/aromatic N) is 4. The quantitative estimate of drug-likeness (QED) is 0.383. The summed E-state index contributed by atoms with van der Waals surface area (Å²) in [5.41, 5.74) is 4.78. The van der Waals surface area contributed by atoms with Crippen LogP contribution in [0.4, 0.5) is 36.4 Å². The Balaban J connectivity index is 1.97. The molecule has 1 aromatic carbocycles. The summed E-state index contributed by atoms with van der Waals surface area (Å²) in [7, 11) is -1.02. The molecule has 15 heteroatoms. The molecule has 0 spiro atoms. The Hall–Kier alpha value is -4.14. The van der Waals surface area contributed by atoms with Crippen LogP contribution in [-0.2, 0) is 22.7 Å². The van der Waals surface area contributed by atoms with E-state index in [-0.39, 0.29) is 35.3 Å². The maximum absolute atomic E-state index is 13.6. The summed E-state index contributed by atoms with van der Waals surface area (Å²) in [6.45, 7) is -0.233. The Morgan fingerprint density at radius 1 is 1.22 bits per heavy atom. The Kier molecular flexibility index (Phi) is 7.52. The highest BCUT2D eigenvalue weighted by molar-refractivity contribution is 7.92. The lowest BCUT2D eigenvalue weighted by Gasteiger charge is -2.20. The molecule has 0 aliphatic rings. The van der Waals surface area contributed by atoms with E-state index in [0.29, 0.717) is 11.8 Å². The zero-order valence-corrected chi connectivity index (χ0v) is 20.1. The van der Waals surface area contributed by atoms with E-state index in [1.54, 1.807) is 0 Å². The average Bonchev–Trinajstić information content (AvgIpc) is 2.81. The number of carbonyl (C=O) groups is 1. The number of alkyl halides is 3. The molecule has 2 aromatic heterocycles. The van der Waals surface area contributed by atoms with Gasteiger partial charge in [-0.25, -0.2) is 18.4 Å². The van der Waals surface area contributed by atoms with Crippen molar-refractivity contribution in [3.8, 4) is 5.75 Å². The minimum atomic E-state index is -4.79. The van der Waals surface area contributed by atoms with Gasteiger partial charge in [0, 0.05) is 37.1 Å². The number of nitrogens with one attached hydrogen (secondary N) is 2. The van der Waals surface area contributed by atoms with Crippen molar-refractivity contribution in [3.63, 3.8) is 0 Å². The van der Waals surface area contributed by atoms with Crippen LogP contribution in [0.3, 0.4) is 0 Å². The topological polar surface area (TPSA) is 152 Å². The third-order valence-corrected chi connectivity index (χ3v) is 6.10. The van der Waals surface area contributed by atoms with Crippen molar-refractivity contribution in [3.05, 3.63) is 59.4 Å². The number of hydrogen-bond donors (Lipinski definition) is 3. The second-order valence-corrected chi connectivity index (χ2v) is 9.44. The summed E-state index contributed by atoms with van der Waals surface area (Å²) in [5.74, 6) is -1.21. The number of primary amides is 1. The lowest BCUT2D eigenvalue weighted by molar-refractivity contribution is -0.137. The molecule has 0 bridgehead atoms. The lowest BCUT2D eigenvalue weighted by Crippen LogP contribution is -2.27. The molecule has 0 atom stereocenters. The maximum atomic E-state index is 13.6. The van der Waals surface area contributed by atoms with Crippen molar-refractivity contribution in [2.45, 2.75) is 12.7 Å². The highest BCUT2D eigenvalue weighted by Gasteiger charge is 2.35. The summed E-state index contributed by atoms with van der Waals surface area (Å²) >= 11 is 0. The third-order valence-electron chi connectivity index (χ3n) is 4.93. The van der Waals surface area contributed by atoms with Crippen LogP contribution in [0.2, 0.25) is 0 Å². The van der Waals surface area contributed by atoms with E-state index < -0.39 is 33.5 Å². The number of carbonyl (C=O) groups excluding carboxylic acids is 1. The molecule has 0 saturated carbocycles. The smallest absolute Gasteiger partial charge is 0.421 e. The van der Waals surface area contributed by atoms with Crippen LogP contribution in [0, 0.1) is 0 Å². The first-order valence-electron chi connectivity index (χ1n) is 10.1. The molecule has 36 heavy (non-hydrogen) atoms. The highest BCUT2D eigenvalue weighted by Crippen LogP contribution is 2.35. The van der Waals surface area contributed by atoms with Crippen LogP contribution in [0.25, 0.3) is 0 Å². The van der Waals surface area contributed by atoms with E-state index in [1.807, 2.05) is 0 Å². The van der Waals surface area contributed by atoms with Gasteiger partial charge in [0.2, 0.25) is 21.9 Å². The second kappa shape index (κ2) is 10.2. The van der Waals surface area contributed by atoms with Gasteiger partial charge in [0.05, 0.1) is 19.1 Å². The summed E-state index contributed by atoms with van der Waals surface area (Å²) in [5, 5.41) is 5.31. The molecule has 0 aliphatic heterocycles. The van der Waals surface area contributed by atoms with Gasteiger partial charge in [-0.15, -0.1) is 0 Å². The van der Waals surface area contributed by atoms with Gasteiger partial charge in [-0.1, -0.05) is 6.07 Å². The first kappa shape index (κ1) is 26.5. The molecule has 0 radical (unpaired) electrons. The van der Waals surface area contributed by atoms with Gasteiger partial charge < -0.3 is 21.1 Å². The number of halogens is 3. The number of sulfonamides is 1. The summed E-state index contributed by atoms with van der Waals surface area (Å²) < 4.78 is 70.9. The summed E-state index contributed by atoms with van der Waals surface area (Å²) in [6.07, 6.45) is -1.85. The molecule has 0 fully saturated rings. The van der Waals surface area contributed by atoms with Gasteiger partial charge in [0.25, 0.3) is 0 Å². The number of aromatic nitrogens is 3. The Bertz CT molecular complexity index is 1380. The molecule has 2 heterocycles. The molecule has 4 N–H and O–H groups in total. The van der Waals surface area contributed by atoms with Crippen molar-refractivity contribution in [2.75, 3.05) is 35.4 Å². The van der Waals surface area contributed by atoms with Gasteiger partial charge in [-0.2, -0.15) is 18.2 Å². The van der Waals surface area contributed by atoms with Crippen molar-refractivity contribution >= 4 is 39.2 Å². The number of nitrogens with two attached hydrogens (primary N) is 1. The summed E-state index contributed by atoms with van der Waals surface area (Å²) in [4.78, 5) is 23.2. The van der Waals surface area contributed by atoms with Gasteiger partial charge in [-0.05, 0) is 24.3 Å². The van der Waals surface area contributed by atoms with Crippen LogP contribution in [0.15, 0.2) is 42.7 Å². The van der Waals surface area contributed by atoms with E-state index in [9.17, 15) is 26.4 Å². The number of ether oxygens (including phenoxy) is 1. The number of anilines is 4. The SMILES string of the molecule is COc1ccc(C(N)=O)cc1Nc1ncc(C(F)(F)F)c(NCc2cccnc2N(C)S(C)(=O)=O)n1. The lowest BCUT2D eigenvalue weighted by atomic mass is 10.2. The largest absolute Gasteiger partial charge is 0.495 e. The Morgan fingerprint density at radius 2 is 1.94 bits per heavy atom. The Morgan fingerprint density at radius 3 is 2.56 bits per heavy atom. The minimum absolute atomic E-state index is 0.0430. The van der Waals surface area contributed by atoms with Gasteiger partial charge >= 0.3 is 6.18 Å². The molecule has 0 unspecified atom stereocenters. The van der Waals surface area contributed by atoms with Crippen LogP contribution >= 0.6 is 0 Å². The van der Waals surface area contributed by atoms with Crippen molar-refractivity contribution in [1.82, 2.24) is 15.0 Å². The fourth-order valence-electron chi connectivity index (χ4n) is 3.05. The summed E-state index contributed by atoms with van der Waals surface area (Å²) in [6, 6.07) is 7.26. The predicted molar refractivity (Wildman–Crippen MR) is 127 cm³/mol. The van der Waals surface area contributed by atoms with Crippen molar-refractivity contribution in [1.29, 1.82) is 0 Å². The molecule has 0 saturated heterocycles. The first-order chi connectivity index (χ1) is 16.8. The van der Waals surface area contributed by atoms with E-state index in [4.69, 9.17) is 10.5 Å². The number of benzene rings is 1. The van der Waals surface area contributed by atoms with E-state index in [0.717, 1.165) is 10.6 Å². The molecule has 11 nitrogen and oxygen atoms in total. The molecule has 1 amide bonds. The van der Waals surface area contributed by atoms with Crippen molar-refractivity contribution < 1.29 is 31.1 Å². The molecule has 0 aliphatic carbocycles. The van der Waals surface area contributed by atoms with E-state index in [2.05, 4.69) is 25.6 Å². The number of rotatable bonds is 9. The molecular weight excluding hydrogens is 503 g/mol. The van der Waals surface area contributed by atoms with Crippen LogP contribution in [-0.4, -0.2) is 49.7 Å². The number of methoxy groups -OCH3 is 1. The van der Waals surface area contributed by atoms with Crippen molar-refractivity contribution in [2.24, 2.45) is 5.73 Å². The zero-order valence-electron chi connectivity index (χ0n) is 19.3. The highest BCUT2D eigenvalue weighted by atomic mass is 32.2. The number of amides is 1. The third kappa shape index (κ3) is 6.10. The fraction of sp³-hybridized carbons (Fsp3) is 0.238. The number of hydrogen-bond acceptors (Lipinski definition) is 9. The van der Waals surface area contributed by atoms with Gasteiger partial charge in [-0.3, -0.25) is 9.10 Å². The van der Waals surface area contributed by atoms with E-state index in [1.165, 1.54) is 50.7 Å². The second-order valence-electron chi connectivity index (χ2n) is 7.43.